The van der Waals surface area contributed by atoms with E-state index in [-0.39, 0.29) is 24.2 Å². The molecule has 1 saturated heterocycles. The lowest BCUT2D eigenvalue weighted by atomic mass is 9.89. The van der Waals surface area contributed by atoms with Crippen LogP contribution in [0.4, 0.5) is 0 Å². The number of aromatic nitrogens is 1. The van der Waals surface area contributed by atoms with Gasteiger partial charge < -0.3 is 25.5 Å². The van der Waals surface area contributed by atoms with E-state index in [0.29, 0.717) is 37.4 Å². The number of aliphatic hydroxyl groups is 1. The van der Waals surface area contributed by atoms with E-state index in [2.05, 4.69) is 27.8 Å². The number of aliphatic hydroxyl groups excluding tert-OH is 1. The standard InChI is InChI=1S/C28H31N5O4/c1-16-6-7-20-17(12-16)9-11-33(28(36)23-14-21-22(32-23)4-3-5-24(21)37-2)25(20)27(35)31-19(15-29)13-18-8-10-30-26(18)34/h3-7,12,14,18-19,25,28,32,36H,8-11,13H2,1-2H3,(H,30,34)(H,31,35)/t18-,19-,25-,28?/m0/s1. The Hall–Kier alpha value is -3.87. The van der Waals surface area contributed by atoms with E-state index in [1.165, 1.54) is 0 Å². The molecule has 0 saturated carbocycles. The predicted octanol–water partition coefficient (Wildman–Crippen LogP) is 2.61. The molecule has 4 atom stereocenters. The fourth-order valence-electron chi connectivity index (χ4n) is 5.52. The molecule has 0 spiro atoms. The number of rotatable bonds is 7. The van der Waals surface area contributed by atoms with Crippen LogP contribution in [0.25, 0.3) is 10.9 Å². The van der Waals surface area contributed by atoms with Crippen LogP contribution in [0.5, 0.6) is 5.75 Å². The lowest BCUT2D eigenvalue weighted by Crippen LogP contribution is -2.48. The molecule has 5 rings (SSSR count). The highest BCUT2D eigenvalue weighted by Crippen LogP contribution is 2.37. The number of aromatic amines is 1. The van der Waals surface area contributed by atoms with Crippen LogP contribution in [0.15, 0.2) is 42.5 Å². The van der Waals surface area contributed by atoms with Crippen molar-refractivity contribution in [3.8, 4) is 11.8 Å². The van der Waals surface area contributed by atoms with Crippen molar-refractivity contribution in [2.24, 2.45) is 5.92 Å². The van der Waals surface area contributed by atoms with Crippen molar-refractivity contribution in [2.75, 3.05) is 20.2 Å². The number of amides is 2. The topological polar surface area (TPSA) is 130 Å². The minimum Gasteiger partial charge on any atom is -0.496 e. The van der Waals surface area contributed by atoms with E-state index in [4.69, 9.17) is 4.74 Å². The van der Waals surface area contributed by atoms with E-state index < -0.39 is 18.3 Å². The number of hydrogen-bond donors (Lipinski definition) is 4. The second kappa shape index (κ2) is 10.2. The third kappa shape index (κ3) is 4.78. The molecular formula is C28H31N5O4. The van der Waals surface area contributed by atoms with Crippen molar-refractivity contribution >= 4 is 22.7 Å². The van der Waals surface area contributed by atoms with E-state index in [0.717, 1.165) is 27.6 Å². The summed E-state index contributed by atoms with van der Waals surface area (Å²) in [4.78, 5) is 30.8. The Bertz CT molecular complexity index is 1380. The van der Waals surface area contributed by atoms with Crippen LogP contribution in [0.3, 0.4) is 0 Å². The molecular weight excluding hydrogens is 470 g/mol. The number of carbonyl (C=O) groups excluding carboxylic acids is 2. The van der Waals surface area contributed by atoms with Crippen LogP contribution in [0.1, 0.15) is 47.5 Å². The minimum absolute atomic E-state index is 0.0840. The zero-order valence-electron chi connectivity index (χ0n) is 21.0. The maximum absolute atomic E-state index is 13.7. The molecule has 9 nitrogen and oxygen atoms in total. The van der Waals surface area contributed by atoms with Crippen LogP contribution >= 0.6 is 0 Å². The summed E-state index contributed by atoms with van der Waals surface area (Å²) in [6, 6.07) is 13.9. The number of aryl methyl sites for hydroxylation is 1. The van der Waals surface area contributed by atoms with E-state index in [1.54, 1.807) is 12.0 Å². The molecule has 1 unspecified atom stereocenters. The zero-order valence-corrected chi connectivity index (χ0v) is 21.0. The van der Waals surface area contributed by atoms with Gasteiger partial charge in [0.15, 0.2) is 0 Å². The van der Waals surface area contributed by atoms with Crippen LogP contribution in [0, 0.1) is 24.2 Å². The Kier molecular flexibility index (Phi) is 6.87. The van der Waals surface area contributed by atoms with Crippen molar-refractivity contribution in [2.45, 2.75) is 44.5 Å². The van der Waals surface area contributed by atoms with E-state index in [9.17, 15) is 20.0 Å². The molecule has 0 radical (unpaired) electrons. The van der Waals surface area contributed by atoms with Gasteiger partial charge >= 0.3 is 0 Å². The maximum atomic E-state index is 13.7. The molecule has 1 fully saturated rings. The molecule has 9 heteroatoms. The SMILES string of the molecule is COc1cccc2[nH]c(C(O)N3CCc4cc(C)ccc4[C@H]3C(=O)N[C@H](C#N)C[C@@H]3CCNC3=O)cc12. The summed E-state index contributed by atoms with van der Waals surface area (Å²) in [5.74, 6) is -0.0650. The second-order valence-electron chi connectivity index (χ2n) is 9.82. The lowest BCUT2D eigenvalue weighted by molar-refractivity contribution is -0.134. The second-order valence-corrected chi connectivity index (χ2v) is 9.82. The molecule has 192 valence electrons. The summed E-state index contributed by atoms with van der Waals surface area (Å²) in [6.07, 6.45) is 0.480. The number of benzene rings is 2. The molecule has 0 bridgehead atoms. The molecule has 4 N–H and O–H groups in total. The number of carbonyl (C=O) groups is 2. The number of ether oxygens (including phenoxy) is 1. The van der Waals surface area contributed by atoms with Gasteiger partial charge in [-0.15, -0.1) is 0 Å². The van der Waals surface area contributed by atoms with Gasteiger partial charge in [0.25, 0.3) is 0 Å². The number of nitriles is 1. The van der Waals surface area contributed by atoms with Crippen LogP contribution in [0.2, 0.25) is 0 Å². The normalized spacial score (nSPS) is 21.1. The molecule has 2 aromatic carbocycles. The number of nitrogens with zero attached hydrogens (tertiary/aromatic N) is 2. The molecule has 1 aromatic heterocycles. The first-order chi connectivity index (χ1) is 17.9. The van der Waals surface area contributed by atoms with Crippen LogP contribution in [-0.2, 0) is 16.0 Å². The Morgan fingerprint density at radius 2 is 2.16 bits per heavy atom. The molecule has 2 aliphatic heterocycles. The first-order valence-corrected chi connectivity index (χ1v) is 12.6. The number of fused-ring (bicyclic) bond motifs is 2. The summed E-state index contributed by atoms with van der Waals surface area (Å²) in [6.45, 7) is 3.04. The number of nitrogens with one attached hydrogen (secondary N) is 3. The molecule has 0 aliphatic carbocycles. The van der Waals surface area contributed by atoms with Gasteiger partial charge in [-0.25, -0.2) is 0 Å². The largest absolute Gasteiger partial charge is 0.496 e. The number of hydrogen-bond acceptors (Lipinski definition) is 6. The highest BCUT2D eigenvalue weighted by Gasteiger charge is 2.39. The molecule has 2 aliphatic rings. The molecule has 3 heterocycles. The first-order valence-electron chi connectivity index (χ1n) is 12.6. The fourth-order valence-corrected chi connectivity index (χ4v) is 5.52. The zero-order chi connectivity index (χ0) is 26.1. The van der Waals surface area contributed by atoms with Gasteiger partial charge in [0, 0.05) is 29.9 Å². The average Bonchev–Trinajstić information content (AvgIpc) is 3.52. The van der Waals surface area contributed by atoms with Crippen LogP contribution in [-0.4, -0.2) is 53.0 Å². The number of methoxy groups -OCH3 is 1. The Morgan fingerprint density at radius 3 is 2.89 bits per heavy atom. The van der Waals surface area contributed by atoms with Crippen LogP contribution < -0.4 is 15.4 Å². The van der Waals surface area contributed by atoms with Crippen molar-refractivity contribution in [3.05, 3.63) is 64.8 Å². The van der Waals surface area contributed by atoms with E-state index >= 15 is 0 Å². The lowest BCUT2D eigenvalue weighted by Gasteiger charge is -2.39. The Balaban J connectivity index is 1.46. The monoisotopic (exact) mass is 501 g/mol. The summed E-state index contributed by atoms with van der Waals surface area (Å²) in [5, 5.41) is 27.8. The van der Waals surface area contributed by atoms with E-state index in [1.807, 2.05) is 43.3 Å². The summed E-state index contributed by atoms with van der Waals surface area (Å²) >= 11 is 0. The van der Waals surface area contributed by atoms with Gasteiger partial charge in [-0.05, 0) is 55.5 Å². The Morgan fingerprint density at radius 1 is 1.32 bits per heavy atom. The third-order valence-electron chi connectivity index (χ3n) is 7.42. The Labute approximate surface area is 215 Å². The predicted molar refractivity (Wildman–Crippen MR) is 137 cm³/mol. The molecule has 3 aromatic rings. The average molecular weight is 502 g/mol. The smallest absolute Gasteiger partial charge is 0.243 e. The van der Waals surface area contributed by atoms with Gasteiger partial charge in [-0.2, -0.15) is 5.26 Å². The first kappa shape index (κ1) is 24.8. The summed E-state index contributed by atoms with van der Waals surface area (Å²) < 4.78 is 5.46. The van der Waals surface area contributed by atoms with Crippen molar-refractivity contribution in [1.29, 1.82) is 5.26 Å². The van der Waals surface area contributed by atoms with Crippen molar-refractivity contribution in [1.82, 2.24) is 20.5 Å². The van der Waals surface area contributed by atoms with Gasteiger partial charge in [-0.3, -0.25) is 14.5 Å². The highest BCUT2D eigenvalue weighted by atomic mass is 16.5. The van der Waals surface area contributed by atoms with Gasteiger partial charge in [0.05, 0.1) is 18.9 Å². The molecule has 2 amide bonds. The minimum atomic E-state index is -1.09. The van der Waals surface area contributed by atoms with Gasteiger partial charge in [-0.1, -0.05) is 29.8 Å². The van der Waals surface area contributed by atoms with Gasteiger partial charge in [0.1, 0.15) is 24.1 Å². The van der Waals surface area contributed by atoms with Gasteiger partial charge in [0.2, 0.25) is 11.8 Å². The maximum Gasteiger partial charge on any atom is 0.243 e. The highest BCUT2D eigenvalue weighted by molar-refractivity contribution is 5.87. The third-order valence-corrected chi connectivity index (χ3v) is 7.42. The van der Waals surface area contributed by atoms with Crippen molar-refractivity contribution < 1.29 is 19.4 Å². The summed E-state index contributed by atoms with van der Waals surface area (Å²) in [7, 11) is 1.60. The number of H-pyrrole nitrogens is 1. The summed E-state index contributed by atoms with van der Waals surface area (Å²) in [5.41, 5.74) is 4.31. The molecule has 37 heavy (non-hydrogen) atoms. The quantitative estimate of drug-likeness (QED) is 0.394. The fraction of sp³-hybridized carbons (Fsp3) is 0.393. The van der Waals surface area contributed by atoms with Crippen molar-refractivity contribution in [3.63, 3.8) is 0 Å².